The highest BCUT2D eigenvalue weighted by molar-refractivity contribution is 5.93. The second-order valence-corrected chi connectivity index (χ2v) is 6.51. The van der Waals surface area contributed by atoms with Gasteiger partial charge in [-0.2, -0.15) is 5.26 Å². The van der Waals surface area contributed by atoms with Crippen LogP contribution < -0.4 is 9.64 Å². The van der Waals surface area contributed by atoms with Crippen LogP contribution in [0, 0.1) is 11.3 Å². The number of hydrogen-bond acceptors (Lipinski definition) is 4. The number of nitriles is 1. The van der Waals surface area contributed by atoms with Crippen LogP contribution in [0.25, 0.3) is 11.3 Å². The second kappa shape index (κ2) is 10.1. The lowest BCUT2D eigenvalue weighted by Gasteiger charge is -2.22. The summed E-state index contributed by atoms with van der Waals surface area (Å²) >= 11 is 0. The summed E-state index contributed by atoms with van der Waals surface area (Å²) in [4.78, 5) is 14.5. The topological polar surface area (TPSA) is 66.5 Å². The van der Waals surface area contributed by atoms with Crippen molar-refractivity contribution in [3.8, 4) is 23.1 Å². The van der Waals surface area contributed by atoms with Gasteiger partial charge < -0.3 is 14.1 Å². The zero-order chi connectivity index (χ0) is 20.5. The predicted molar refractivity (Wildman–Crippen MR) is 113 cm³/mol. The van der Waals surface area contributed by atoms with Crippen LogP contribution in [0.15, 0.2) is 71.1 Å². The molecule has 0 N–H and O–H groups in total. The van der Waals surface area contributed by atoms with E-state index in [1.54, 1.807) is 4.90 Å². The molecule has 0 spiro atoms. The smallest absolute Gasteiger partial charge is 0.227 e. The summed E-state index contributed by atoms with van der Waals surface area (Å²) in [6.45, 7) is 2.87. The number of carbonyl (C=O) groups excluding carboxylic acids is 1. The third-order valence-electron chi connectivity index (χ3n) is 4.51. The quantitative estimate of drug-likeness (QED) is 0.504. The molecule has 0 saturated heterocycles. The van der Waals surface area contributed by atoms with Gasteiger partial charge in [-0.3, -0.25) is 4.79 Å². The number of amides is 1. The molecule has 0 atom stereocenters. The molecular formula is C24H24N2O3. The minimum Gasteiger partial charge on any atom is -0.494 e. The largest absolute Gasteiger partial charge is 0.494 e. The van der Waals surface area contributed by atoms with Crippen molar-refractivity contribution in [2.24, 2.45) is 0 Å². The monoisotopic (exact) mass is 388 g/mol. The van der Waals surface area contributed by atoms with Crippen molar-refractivity contribution in [1.82, 2.24) is 0 Å². The summed E-state index contributed by atoms with van der Waals surface area (Å²) in [6.07, 6.45) is 1.09. The van der Waals surface area contributed by atoms with Gasteiger partial charge in [0.15, 0.2) is 0 Å². The fraction of sp³-hybridized carbons (Fsp3) is 0.250. The van der Waals surface area contributed by atoms with Gasteiger partial charge in [-0.15, -0.1) is 0 Å². The number of furan rings is 1. The molecule has 5 heteroatoms. The molecule has 29 heavy (non-hydrogen) atoms. The summed E-state index contributed by atoms with van der Waals surface area (Å²) in [5.41, 5.74) is 1.77. The van der Waals surface area contributed by atoms with Gasteiger partial charge in [-0.1, -0.05) is 30.3 Å². The Morgan fingerprint density at radius 2 is 1.83 bits per heavy atom. The van der Waals surface area contributed by atoms with Crippen LogP contribution in [-0.2, 0) is 11.2 Å². The van der Waals surface area contributed by atoms with Gasteiger partial charge in [-0.05, 0) is 43.3 Å². The molecule has 0 fully saturated rings. The third-order valence-corrected chi connectivity index (χ3v) is 4.51. The predicted octanol–water partition coefficient (Wildman–Crippen LogP) is 5.22. The van der Waals surface area contributed by atoms with E-state index in [1.807, 2.05) is 73.7 Å². The maximum atomic E-state index is 12.9. The molecule has 0 radical (unpaired) electrons. The number of rotatable bonds is 9. The average Bonchev–Trinajstić information content (AvgIpc) is 3.23. The Hall–Kier alpha value is -3.52. The van der Waals surface area contributed by atoms with Crippen LogP contribution in [0.5, 0.6) is 5.75 Å². The minimum atomic E-state index is -0.0397. The lowest BCUT2D eigenvalue weighted by Crippen LogP contribution is -2.31. The number of ether oxygens (including phenoxy) is 1. The SMILES string of the molecule is CCOc1ccc(N(CCC#N)C(=O)CCc2ccc(-c3ccccc3)o2)cc1. The zero-order valence-electron chi connectivity index (χ0n) is 16.5. The van der Waals surface area contributed by atoms with Crippen molar-refractivity contribution in [1.29, 1.82) is 5.26 Å². The van der Waals surface area contributed by atoms with E-state index in [0.29, 0.717) is 26.0 Å². The van der Waals surface area contributed by atoms with Crippen LogP contribution >= 0.6 is 0 Å². The Labute approximate surface area is 171 Å². The van der Waals surface area contributed by atoms with Crippen molar-refractivity contribution < 1.29 is 13.9 Å². The molecule has 3 rings (SSSR count). The molecule has 1 aromatic heterocycles. The maximum absolute atomic E-state index is 12.9. The number of benzene rings is 2. The zero-order valence-corrected chi connectivity index (χ0v) is 16.5. The molecule has 0 unspecified atom stereocenters. The van der Waals surface area contributed by atoms with Gasteiger partial charge in [0.2, 0.25) is 5.91 Å². The van der Waals surface area contributed by atoms with Gasteiger partial charge in [0, 0.05) is 30.6 Å². The molecule has 5 nitrogen and oxygen atoms in total. The molecule has 0 aliphatic rings. The molecule has 148 valence electrons. The fourth-order valence-corrected chi connectivity index (χ4v) is 3.08. The summed E-state index contributed by atoms with van der Waals surface area (Å²) in [7, 11) is 0. The Kier molecular flexibility index (Phi) is 7.07. The van der Waals surface area contributed by atoms with Gasteiger partial charge in [-0.25, -0.2) is 0 Å². The fourth-order valence-electron chi connectivity index (χ4n) is 3.08. The highest BCUT2D eigenvalue weighted by atomic mass is 16.5. The summed E-state index contributed by atoms with van der Waals surface area (Å²) in [5.74, 6) is 2.28. The van der Waals surface area contributed by atoms with Crippen LogP contribution in [0.3, 0.4) is 0 Å². The average molecular weight is 388 g/mol. The molecule has 0 saturated carbocycles. The normalized spacial score (nSPS) is 10.3. The lowest BCUT2D eigenvalue weighted by molar-refractivity contribution is -0.118. The van der Waals surface area contributed by atoms with E-state index in [-0.39, 0.29) is 12.3 Å². The summed E-state index contributed by atoms with van der Waals surface area (Å²) in [6, 6.07) is 23.2. The summed E-state index contributed by atoms with van der Waals surface area (Å²) in [5, 5.41) is 8.95. The molecular weight excluding hydrogens is 364 g/mol. The van der Waals surface area contributed by atoms with E-state index in [9.17, 15) is 4.79 Å². The maximum Gasteiger partial charge on any atom is 0.227 e. The van der Waals surface area contributed by atoms with Crippen molar-refractivity contribution in [3.63, 3.8) is 0 Å². The molecule has 3 aromatic rings. The van der Waals surface area contributed by atoms with Gasteiger partial charge >= 0.3 is 0 Å². The number of anilines is 1. The highest BCUT2D eigenvalue weighted by Crippen LogP contribution is 2.24. The molecule has 1 amide bonds. The highest BCUT2D eigenvalue weighted by Gasteiger charge is 2.16. The Bertz CT molecular complexity index is 956. The second-order valence-electron chi connectivity index (χ2n) is 6.51. The molecule has 2 aromatic carbocycles. The number of carbonyl (C=O) groups is 1. The van der Waals surface area contributed by atoms with Gasteiger partial charge in [0.1, 0.15) is 17.3 Å². The third kappa shape index (κ3) is 5.49. The van der Waals surface area contributed by atoms with E-state index in [1.165, 1.54) is 0 Å². The van der Waals surface area contributed by atoms with Crippen LogP contribution in [0.4, 0.5) is 5.69 Å². The number of aryl methyl sites for hydroxylation is 1. The Morgan fingerprint density at radius 3 is 2.52 bits per heavy atom. The number of nitrogens with zero attached hydrogens (tertiary/aromatic N) is 2. The molecule has 0 aliphatic heterocycles. The lowest BCUT2D eigenvalue weighted by atomic mass is 10.2. The molecule has 1 heterocycles. The van der Waals surface area contributed by atoms with Crippen molar-refractivity contribution >= 4 is 11.6 Å². The standard InChI is InChI=1S/C24H24N2O3/c1-2-28-21-11-9-20(10-12-21)26(18-6-17-25)24(27)16-14-22-13-15-23(29-22)19-7-4-3-5-8-19/h3-5,7-13,15H,2,6,14,16,18H2,1H3. The minimum absolute atomic E-state index is 0.0397. The Morgan fingerprint density at radius 1 is 1.07 bits per heavy atom. The first-order valence-corrected chi connectivity index (χ1v) is 9.75. The molecule has 0 aliphatic carbocycles. The van der Waals surface area contributed by atoms with Gasteiger partial charge in [0.05, 0.1) is 19.1 Å². The van der Waals surface area contributed by atoms with Crippen molar-refractivity contribution in [2.75, 3.05) is 18.1 Å². The van der Waals surface area contributed by atoms with E-state index in [4.69, 9.17) is 14.4 Å². The van der Waals surface area contributed by atoms with E-state index in [0.717, 1.165) is 28.5 Å². The van der Waals surface area contributed by atoms with E-state index in [2.05, 4.69) is 6.07 Å². The van der Waals surface area contributed by atoms with Crippen LogP contribution in [0.1, 0.15) is 25.5 Å². The first-order chi connectivity index (χ1) is 14.2. The molecule has 0 bridgehead atoms. The van der Waals surface area contributed by atoms with Crippen LogP contribution in [0.2, 0.25) is 0 Å². The van der Waals surface area contributed by atoms with E-state index >= 15 is 0 Å². The van der Waals surface area contributed by atoms with Crippen LogP contribution in [-0.4, -0.2) is 19.1 Å². The van der Waals surface area contributed by atoms with Crippen molar-refractivity contribution in [3.05, 3.63) is 72.5 Å². The first-order valence-electron chi connectivity index (χ1n) is 9.75. The van der Waals surface area contributed by atoms with E-state index < -0.39 is 0 Å². The number of hydrogen-bond donors (Lipinski definition) is 0. The van der Waals surface area contributed by atoms with Gasteiger partial charge in [0.25, 0.3) is 0 Å². The Balaban J connectivity index is 1.65. The summed E-state index contributed by atoms with van der Waals surface area (Å²) < 4.78 is 11.3. The van der Waals surface area contributed by atoms with Crippen molar-refractivity contribution in [2.45, 2.75) is 26.2 Å². The first kappa shape index (κ1) is 20.2.